The quantitative estimate of drug-likeness (QED) is 0.456. The Morgan fingerprint density at radius 1 is 1.50 bits per heavy atom. The largest absolute Gasteiger partial charge is 0.376 e. The van der Waals surface area contributed by atoms with E-state index < -0.39 is 0 Å². The number of aliphatic imine (C=N–C) groups is 1. The molecule has 2 N–H and O–H groups in total. The minimum Gasteiger partial charge on any atom is -0.376 e. The van der Waals surface area contributed by atoms with Crippen molar-refractivity contribution in [2.24, 2.45) is 4.99 Å². The fourth-order valence-electron chi connectivity index (χ4n) is 1.36. The summed E-state index contributed by atoms with van der Waals surface area (Å²) in [5.41, 5.74) is 0. The van der Waals surface area contributed by atoms with Gasteiger partial charge in [0.05, 0.1) is 6.04 Å². The molecule has 0 bridgehead atoms. The maximum Gasteiger partial charge on any atom is 0.113 e. The number of rotatable bonds is 1. The van der Waals surface area contributed by atoms with Crippen LogP contribution >= 0.6 is 0 Å². The van der Waals surface area contributed by atoms with E-state index in [1.54, 1.807) is 0 Å². The highest BCUT2D eigenvalue weighted by Crippen LogP contribution is 2.04. The van der Waals surface area contributed by atoms with Crippen LogP contribution in [0.4, 0.5) is 0 Å². The summed E-state index contributed by atoms with van der Waals surface area (Å²) < 4.78 is 0. The average molecular weight is 171 g/mol. The zero-order valence-corrected chi connectivity index (χ0v) is 8.65. The van der Waals surface area contributed by atoms with Crippen LogP contribution in [0, 0.1) is 0 Å². The summed E-state index contributed by atoms with van der Waals surface area (Å²) in [6, 6.07) is 0.481. The van der Waals surface area contributed by atoms with E-state index in [0.717, 1.165) is 12.4 Å². The third kappa shape index (κ3) is 3.22. The van der Waals surface area contributed by atoms with Gasteiger partial charge in [-0.2, -0.15) is 0 Å². The Labute approximate surface area is 75.7 Å². The average Bonchev–Trinajstić information content (AvgIpc) is 2.64. The molecular formula is C9H21N3. The zero-order chi connectivity index (χ0) is 9.40. The second-order valence-electron chi connectivity index (χ2n) is 2.51. The molecule has 0 spiro atoms. The van der Waals surface area contributed by atoms with E-state index in [1.165, 1.54) is 12.8 Å². The van der Waals surface area contributed by atoms with Gasteiger partial charge in [0.2, 0.25) is 0 Å². The van der Waals surface area contributed by atoms with Gasteiger partial charge in [0.1, 0.15) is 5.84 Å². The third-order valence-electron chi connectivity index (χ3n) is 1.89. The van der Waals surface area contributed by atoms with Crippen LogP contribution in [0.3, 0.4) is 0 Å². The third-order valence-corrected chi connectivity index (χ3v) is 1.89. The number of amidine groups is 1. The molecule has 0 saturated carbocycles. The molecule has 1 unspecified atom stereocenters. The van der Waals surface area contributed by atoms with Gasteiger partial charge in [0.15, 0.2) is 0 Å². The molecule has 0 amide bonds. The van der Waals surface area contributed by atoms with Crippen molar-refractivity contribution in [1.82, 2.24) is 10.6 Å². The number of hydrogen-bond donors (Lipinski definition) is 2. The normalized spacial score (nSPS) is 23.0. The van der Waals surface area contributed by atoms with E-state index in [2.05, 4.69) is 15.6 Å². The van der Waals surface area contributed by atoms with Crippen LogP contribution in [0.25, 0.3) is 0 Å². The van der Waals surface area contributed by atoms with E-state index in [1.807, 2.05) is 27.9 Å². The maximum absolute atomic E-state index is 4.13. The molecule has 1 fully saturated rings. The van der Waals surface area contributed by atoms with Gasteiger partial charge >= 0.3 is 0 Å². The van der Waals surface area contributed by atoms with Crippen molar-refractivity contribution < 1.29 is 0 Å². The molecule has 0 radical (unpaired) electrons. The standard InChI is InChI=1S/C7H15N3.C2H6/c1-8-7(9-2)6-4-3-5-10-6;1-2/h6,10H,3-5H2,1-2H3,(H,8,9);1-2H3. The monoisotopic (exact) mass is 171 g/mol. The van der Waals surface area contributed by atoms with Gasteiger partial charge < -0.3 is 10.6 Å². The van der Waals surface area contributed by atoms with Crippen molar-refractivity contribution in [3.63, 3.8) is 0 Å². The second kappa shape index (κ2) is 7.10. The summed E-state index contributed by atoms with van der Waals surface area (Å²) in [5.74, 6) is 1.08. The van der Waals surface area contributed by atoms with Crippen LogP contribution in [0.2, 0.25) is 0 Å². The van der Waals surface area contributed by atoms with Crippen molar-refractivity contribution in [2.75, 3.05) is 20.6 Å². The summed E-state index contributed by atoms with van der Waals surface area (Å²) in [6.07, 6.45) is 2.49. The molecule has 1 aliphatic heterocycles. The van der Waals surface area contributed by atoms with Crippen molar-refractivity contribution in [1.29, 1.82) is 0 Å². The molecule has 3 heteroatoms. The first kappa shape index (κ1) is 11.4. The lowest BCUT2D eigenvalue weighted by atomic mass is 10.2. The van der Waals surface area contributed by atoms with E-state index in [4.69, 9.17) is 0 Å². The zero-order valence-electron chi connectivity index (χ0n) is 8.65. The highest BCUT2D eigenvalue weighted by Gasteiger charge is 2.17. The number of likely N-dealkylation sites (N-methyl/N-ethyl adjacent to an activating group) is 1. The molecule has 1 aliphatic rings. The number of nitrogens with one attached hydrogen (secondary N) is 2. The molecular weight excluding hydrogens is 150 g/mol. The molecule has 12 heavy (non-hydrogen) atoms. The first-order chi connectivity index (χ1) is 5.88. The minimum atomic E-state index is 0.481. The van der Waals surface area contributed by atoms with Gasteiger partial charge in [0, 0.05) is 14.1 Å². The Morgan fingerprint density at radius 3 is 2.50 bits per heavy atom. The van der Waals surface area contributed by atoms with Crippen LogP contribution in [0.1, 0.15) is 26.7 Å². The van der Waals surface area contributed by atoms with Crippen LogP contribution < -0.4 is 10.6 Å². The molecule has 1 heterocycles. The summed E-state index contributed by atoms with van der Waals surface area (Å²) in [4.78, 5) is 4.13. The van der Waals surface area contributed by atoms with Crippen LogP contribution in [-0.4, -0.2) is 32.5 Å². The molecule has 0 aromatic rings. The Hall–Kier alpha value is -0.570. The molecule has 0 aliphatic carbocycles. The fourth-order valence-corrected chi connectivity index (χ4v) is 1.36. The molecule has 1 saturated heterocycles. The lowest BCUT2D eigenvalue weighted by Gasteiger charge is -2.11. The molecule has 0 aromatic heterocycles. The first-order valence-electron chi connectivity index (χ1n) is 4.76. The number of hydrogen-bond acceptors (Lipinski definition) is 2. The van der Waals surface area contributed by atoms with Gasteiger partial charge in [-0.1, -0.05) is 13.8 Å². The summed E-state index contributed by atoms with van der Waals surface area (Å²) in [7, 11) is 3.74. The molecule has 0 aromatic carbocycles. The number of nitrogens with zero attached hydrogens (tertiary/aromatic N) is 1. The van der Waals surface area contributed by atoms with E-state index in [-0.39, 0.29) is 0 Å². The predicted molar refractivity (Wildman–Crippen MR) is 54.8 cm³/mol. The van der Waals surface area contributed by atoms with Gasteiger partial charge in [-0.15, -0.1) is 0 Å². The lowest BCUT2D eigenvalue weighted by molar-refractivity contribution is 0.738. The predicted octanol–water partition coefficient (Wildman–Crippen LogP) is 1.01. The Kier molecular flexibility index (Phi) is 6.76. The van der Waals surface area contributed by atoms with Crippen molar-refractivity contribution in [3.05, 3.63) is 0 Å². The van der Waals surface area contributed by atoms with Crippen LogP contribution in [-0.2, 0) is 0 Å². The Bertz CT molecular complexity index is 126. The smallest absolute Gasteiger partial charge is 0.113 e. The van der Waals surface area contributed by atoms with Crippen molar-refractivity contribution in [2.45, 2.75) is 32.7 Å². The summed E-state index contributed by atoms with van der Waals surface area (Å²) >= 11 is 0. The SMILES string of the molecule is CC.CN=C(NC)C1CCCN1. The molecule has 1 atom stereocenters. The van der Waals surface area contributed by atoms with Gasteiger partial charge in [-0.3, -0.25) is 4.99 Å². The van der Waals surface area contributed by atoms with Crippen molar-refractivity contribution in [3.8, 4) is 0 Å². The minimum absolute atomic E-state index is 0.481. The summed E-state index contributed by atoms with van der Waals surface area (Å²) in [6.45, 7) is 5.13. The van der Waals surface area contributed by atoms with E-state index in [0.29, 0.717) is 6.04 Å². The van der Waals surface area contributed by atoms with Crippen LogP contribution in [0.5, 0.6) is 0 Å². The molecule has 1 rings (SSSR count). The van der Waals surface area contributed by atoms with E-state index in [9.17, 15) is 0 Å². The van der Waals surface area contributed by atoms with Gasteiger partial charge in [0.25, 0.3) is 0 Å². The van der Waals surface area contributed by atoms with E-state index >= 15 is 0 Å². The first-order valence-corrected chi connectivity index (χ1v) is 4.76. The maximum atomic E-state index is 4.13. The van der Waals surface area contributed by atoms with Crippen molar-refractivity contribution >= 4 is 5.84 Å². The topological polar surface area (TPSA) is 36.4 Å². The fraction of sp³-hybridized carbons (Fsp3) is 0.889. The van der Waals surface area contributed by atoms with Crippen LogP contribution in [0.15, 0.2) is 4.99 Å². The molecule has 3 nitrogen and oxygen atoms in total. The highest BCUT2D eigenvalue weighted by molar-refractivity contribution is 5.87. The van der Waals surface area contributed by atoms with Gasteiger partial charge in [-0.25, -0.2) is 0 Å². The second-order valence-corrected chi connectivity index (χ2v) is 2.51. The van der Waals surface area contributed by atoms with Gasteiger partial charge in [-0.05, 0) is 19.4 Å². The Balaban J connectivity index is 0.000000561. The molecule has 72 valence electrons. The summed E-state index contributed by atoms with van der Waals surface area (Å²) in [5, 5.41) is 6.45. The highest BCUT2D eigenvalue weighted by atomic mass is 15.1. The lowest BCUT2D eigenvalue weighted by Crippen LogP contribution is -2.38. The Morgan fingerprint density at radius 2 is 2.17 bits per heavy atom.